The maximum absolute atomic E-state index is 13.5. The Hall–Kier alpha value is -1.30. The predicted octanol–water partition coefficient (Wildman–Crippen LogP) is 3.51. The van der Waals surface area contributed by atoms with Crippen LogP contribution in [0.5, 0.6) is 5.75 Å². The van der Waals surface area contributed by atoms with Crippen molar-refractivity contribution in [3.63, 3.8) is 0 Å². The first-order valence-electron chi connectivity index (χ1n) is 5.97. The Kier molecular flexibility index (Phi) is 5.60. The van der Waals surface area contributed by atoms with E-state index in [0.717, 1.165) is 6.07 Å². The Balaban J connectivity index is 2.72. The smallest absolute Gasteiger partial charge is 0.422 e. The zero-order valence-electron chi connectivity index (χ0n) is 10.9. The second-order valence-corrected chi connectivity index (χ2v) is 4.66. The number of para-hydroxylation sites is 1. The third-order valence-electron chi connectivity index (χ3n) is 2.30. The van der Waals surface area contributed by atoms with Gasteiger partial charge >= 0.3 is 6.18 Å². The van der Waals surface area contributed by atoms with Crippen molar-refractivity contribution in [1.29, 1.82) is 0 Å². The minimum Gasteiger partial charge on any atom is -0.481 e. The maximum atomic E-state index is 13.5. The number of benzene rings is 1. The zero-order chi connectivity index (χ0) is 14.5. The average molecular weight is 279 g/mol. The molecule has 0 amide bonds. The molecular formula is C13H17F4NO. The first kappa shape index (κ1) is 15.8. The van der Waals surface area contributed by atoms with Crippen LogP contribution in [0.2, 0.25) is 0 Å². The molecule has 2 nitrogen and oxygen atoms in total. The highest BCUT2D eigenvalue weighted by atomic mass is 19.4. The molecule has 0 saturated carbocycles. The summed E-state index contributed by atoms with van der Waals surface area (Å²) in [5.74, 6) is -0.725. The molecule has 0 aliphatic carbocycles. The van der Waals surface area contributed by atoms with Crippen molar-refractivity contribution in [2.45, 2.75) is 26.6 Å². The fourth-order valence-corrected chi connectivity index (χ4v) is 1.50. The van der Waals surface area contributed by atoms with Crippen LogP contribution in [-0.2, 0) is 6.54 Å². The Bertz CT molecular complexity index is 404. The van der Waals surface area contributed by atoms with Gasteiger partial charge in [0.05, 0.1) is 0 Å². The number of rotatable bonds is 6. The summed E-state index contributed by atoms with van der Waals surface area (Å²) in [6, 6.07) is 4.07. The number of halogens is 4. The number of ether oxygens (including phenoxy) is 1. The van der Waals surface area contributed by atoms with E-state index in [1.54, 1.807) is 6.07 Å². The van der Waals surface area contributed by atoms with E-state index in [-0.39, 0.29) is 12.3 Å². The van der Waals surface area contributed by atoms with Crippen LogP contribution in [0.25, 0.3) is 0 Å². The molecule has 0 unspecified atom stereocenters. The van der Waals surface area contributed by atoms with Gasteiger partial charge in [-0.25, -0.2) is 4.39 Å². The lowest BCUT2D eigenvalue weighted by atomic mass is 10.1. The van der Waals surface area contributed by atoms with E-state index in [1.807, 2.05) is 13.8 Å². The summed E-state index contributed by atoms with van der Waals surface area (Å²) in [6.45, 7) is 3.46. The van der Waals surface area contributed by atoms with Gasteiger partial charge in [0, 0.05) is 12.1 Å². The third-order valence-corrected chi connectivity index (χ3v) is 2.30. The Labute approximate surface area is 109 Å². The second kappa shape index (κ2) is 6.75. The molecule has 1 aromatic carbocycles. The summed E-state index contributed by atoms with van der Waals surface area (Å²) in [5, 5.41) is 3.04. The van der Waals surface area contributed by atoms with Gasteiger partial charge in [-0.3, -0.25) is 0 Å². The molecule has 0 aromatic heterocycles. The molecule has 0 saturated heterocycles. The van der Waals surface area contributed by atoms with Crippen molar-refractivity contribution in [2.24, 2.45) is 5.92 Å². The SMILES string of the molecule is CC(C)CNCc1cccc(F)c1OCC(F)(F)F. The fraction of sp³-hybridized carbons (Fsp3) is 0.538. The molecule has 0 aliphatic heterocycles. The highest BCUT2D eigenvalue weighted by molar-refractivity contribution is 5.35. The van der Waals surface area contributed by atoms with E-state index in [2.05, 4.69) is 10.1 Å². The highest BCUT2D eigenvalue weighted by Crippen LogP contribution is 2.25. The van der Waals surface area contributed by atoms with Gasteiger partial charge in [-0.1, -0.05) is 26.0 Å². The molecule has 0 atom stereocenters. The topological polar surface area (TPSA) is 21.3 Å². The van der Waals surface area contributed by atoms with Gasteiger partial charge in [-0.15, -0.1) is 0 Å². The van der Waals surface area contributed by atoms with Gasteiger partial charge in [-0.05, 0) is 18.5 Å². The van der Waals surface area contributed by atoms with Gasteiger partial charge in [-0.2, -0.15) is 13.2 Å². The van der Waals surface area contributed by atoms with Gasteiger partial charge < -0.3 is 10.1 Å². The molecule has 108 valence electrons. The standard InChI is InChI=1S/C13H17F4NO/c1-9(2)6-18-7-10-4-3-5-11(14)12(10)19-8-13(15,16)17/h3-5,9,18H,6-8H2,1-2H3. The van der Waals surface area contributed by atoms with Crippen LogP contribution in [0, 0.1) is 11.7 Å². The van der Waals surface area contributed by atoms with Gasteiger partial charge in [0.25, 0.3) is 0 Å². The van der Waals surface area contributed by atoms with Gasteiger partial charge in [0.1, 0.15) is 0 Å². The van der Waals surface area contributed by atoms with Gasteiger partial charge in [0.2, 0.25) is 0 Å². The molecule has 0 heterocycles. The molecule has 0 spiro atoms. The van der Waals surface area contributed by atoms with E-state index in [1.165, 1.54) is 6.07 Å². The van der Waals surface area contributed by atoms with Crippen LogP contribution in [-0.4, -0.2) is 19.3 Å². The normalized spacial score (nSPS) is 11.9. The molecule has 1 aromatic rings. The predicted molar refractivity (Wildman–Crippen MR) is 64.5 cm³/mol. The van der Waals surface area contributed by atoms with Crippen molar-refractivity contribution < 1.29 is 22.3 Å². The molecule has 0 radical (unpaired) electrons. The van der Waals surface area contributed by atoms with Crippen LogP contribution < -0.4 is 10.1 Å². The fourth-order valence-electron chi connectivity index (χ4n) is 1.50. The van der Waals surface area contributed by atoms with Crippen LogP contribution in [0.1, 0.15) is 19.4 Å². The van der Waals surface area contributed by atoms with Crippen LogP contribution >= 0.6 is 0 Å². The number of nitrogens with one attached hydrogen (secondary N) is 1. The highest BCUT2D eigenvalue weighted by Gasteiger charge is 2.29. The molecule has 0 fully saturated rings. The summed E-state index contributed by atoms with van der Waals surface area (Å²) in [6.07, 6.45) is -4.48. The van der Waals surface area contributed by atoms with E-state index >= 15 is 0 Å². The van der Waals surface area contributed by atoms with E-state index in [4.69, 9.17) is 0 Å². The lowest BCUT2D eigenvalue weighted by molar-refractivity contribution is -0.153. The van der Waals surface area contributed by atoms with E-state index in [9.17, 15) is 17.6 Å². The van der Waals surface area contributed by atoms with Crippen LogP contribution in [0.3, 0.4) is 0 Å². The lowest BCUT2D eigenvalue weighted by Crippen LogP contribution is -2.22. The first-order valence-corrected chi connectivity index (χ1v) is 5.97. The molecule has 0 aliphatic rings. The maximum Gasteiger partial charge on any atom is 0.422 e. The van der Waals surface area contributed by atoms with Crippen molar-refractivity contribution in [3.05, 3.63) is 29.6 Å². The van der Waals surface area contributed by atoms with E-state index in [0.29, 0.717) is 18.0 Å². The summed E-state index contributed by atoms with van der Waals surface area (Å²) in [5.41, 5.74) is 0.380. The van der Waals surface area contributed by atoms with Crippen molar-refractivity contribution >= 4 is 0 Å². The number of hydrogen-bond acceptors (Lipinski definition) is 2. The van der Waals surface area contributed by atoms with Gasteiger partial charge in [0.15, 0.2) is 18.2 Å². The summed E-state index contributed by atoms with van der Waals surface area (Å²) in [4.78, 5) is 0. The quantitative estimate of drug-likeness (QED) is 0.805. The molecule has 19 heavy (non-hydrogen) atoms. The van der Waals surface area contributed by atoms with Crippen molar-refractivity contribution in [1.82, 2.24) is 5.32 Å². The third kappa shape index (κ3) is 5.92. The summed E-state index contributed by atoms with van der Waals surface area (Å²) in [7, 11) is 0. The average Bonchev–Trinajstić information content (AvgIpc) is 2.26. The molecular weight excluding hydrogens is 262 g/mol. The molecule has 1 N–H and O–H groups in total. The Morgan fingerprint density at radius 3 is 2.53 bits per heavy atom. The zero-order valence-corrected chi connectivity index (χ0v) is 10.9. The molecule has 1 rings (SSSR count). The molecule has 6 heteroatoms. The molecule has 0 bridgehead atoms. The van der Waals surface area contributed by atoms with E-state index < -0.39 is 18.6 Å². The van der Waals surface area contributed by atoms with Crippen LogP contribution in [0.4, 0.5) is 17.6 Å². The first-order chi connectivity index (χ1) is 8.79. The van der Waals surface area contributed by atoms with Crippen LogP contribution in [0.15, 0.2) is 18.2 Å². The summed E-state index contributed by atoms with van der Waals surface area (Å²) < 4.78 is 54.3. The Morgan fingerprint density at radius 1 is 1.26 bits per heavy atom. The second-order valence-electron chi connectivity index (χ2n) is 4.66. The largest absolute Gasteiger partial charge is 0.481 e. The number of alkyl halides is 3. The van der Waals surface area contributed by atoms with Crippen molar-refractivity contribution in [3.8, 4) is 5.75 Å². The lowest BCUT2D eigenvalue weighted by Gasteiger charge is -2.15. The minimum atomic E-state index is -4.48. The number of hydrogen-bond donors (Lipinski definition) is 1. The van der Waals surface area contributed by atoms with Crippen molar-refractivity contribution in [2.75, 3.05) is 13.2 Å². The minimum absolute atomic E-state index is 0.267. The Morgan fingerprint density at radius 2 is 1.95 bits per heavy atom. The monoisotopic (exact) mass is 279 g/mol. The summed E-state index contributed by atoms with van der Waals surface area (Å²) >= 11 is 0.